The number of amides is 3. The van der Waals surface area contributed by atoms with Crippen molar-refractivity contribution in [2.24, 2.45) is 22.4 Å². The van der Waals surface area contributed by atoms with Gasteiger partial charge >= 0.3 is 12.0 Å². The first-order valence-electron chi connectivity index (χ1n) is 13.8. The second-order valence-corrected chi connectivity index (χ2v) is 12.0. The molecule has 0 aromatic heterocycles. The van der Waals surface area contributed by atoms with E-state index in [2.05, 4.69) is 17.6 Å². The zero-order valence-corrected chi connectivity index (χ0v) is 23.6. The van der Waals surface area contributed by atoms with Crippen LogP contribution < -0.4 is 10.6 Å². The number of nitrogens with zero attached hydrogens (tertiary/aromatic N) is 2. The number of Topliss-reactive ketones (excluding diaryl/α,β-unsaturated/α-hetero) is 1. The minimum absolute atomic E-state index is 0.105. The second-order valence-electron chi connectivity index (χ2n) is 12.0. The van der Waals surface area contributed by atoms with Gasteiger partial charge in [-0.1, -0.05) is 64.8 Å². The van der Waals surface area contributed by atoms with Gasteiger partial charge in [-0.25, -0.2) is 9.80 Å². The zero-order valence-electron chi connectivity index (χ0n) is 23.6. The highest BCUT2D eigenvalue weighted by molar-refractivity contribution is 6.11. The molecule has 0 bridgehead atoms. The van der Waals surface area contributed by atoms with Gasteiger partial charge in [0.25, 0.3) is 0 Å². The Labute approximate surface area is 235 Å². The number of nitrogens with one attached hydrogen (secondary N) is 2. The SMILES string of the molecule is CC1CCC(C2=NN(CC(=O)Nc3cccc(CC(=O)O)c3)C(=O)Nc3cc(CC(=O)C(C)(C)C)ccc32)CC1. The van der Waals surface area contributed by atoms with Gasteiger partial charge < -0.3 is 15.7 Å². The number of anilines is 2. The molecular weight excluding hydrogens is 508 g/mol. The van der Waals surface area contributed by atoms with Crippen molar-refractivity contribution in [1.29, 1.82) is 0 Å². The number of carboxylic acid groups (broad SMARTS) is 1. The summed E-state index contributed by atoms with van der Waals surface area (Å²) in [5.41, 5.74) is 3.50. The Morgan fingerprint density at radius 2 is 1.73 bits per heavy atom. The minimum atomic E-state index is -0.964. The van der Waals surface area contributed by atoms with E-state index in [9.17, 15) is 19.2 Å². The lowest BCUT2D eigenvalue weighted by Crippen LogP contribution is -2.37. The summed E-state index contributed by atoms with van der Waals surface area (Å²) in [6.07, 6.45) is 4.10. The van der Waals surface area contributed by atoms with Gasteiger partial charge in [0, 0.05) is 29.0 Å². The van der Waals surface area contributed by atoms with Crippen LogP contribution in [0.3, 0.4) is 0 Å². The van der Waals surface area contributed by atoms with Crippen LogP contribution in [0.5, 0.6) is 0 Å². The molecule has 2 aromatic rings. The molecule has 0 atom stereocenters. The third-order valence-electron chi connectivity index (χ3n) is 7.53. The molecule has 1 aliphatic heterocycles. The van der Waals surface area contributed by atoms with Gasteiger partial charge in [-0.15, -0.1) is 0 Å². The Bertz CT molecular complexity index is 1340. The molecule has 1 fully saturated rings. The average Bonchev–Trinajstić information content (AvgIpc) is 2.99. The smallest absolute Gasteiger partial charge is 0.342 e. The highest BCUT2D eigenvalue weighted by Gasteiger charge is 2.31. The number of benzene rings is 2. The van der Waals surface area contributed by atoms with Crippen molar-refractivity contribution < 1.29 is 24.3 Å². The normalized spacial score (nSPS) is 19.1. The van der Waals surface area contributed by atoms with Gasteiger partial charge in [-0.3, -0.25) is 14.4 Å². The summed E-state index contributed by atoms with van der Waals surface area (Å²) in [6, 6.07) is 11.8. The first-order valence-corrected chi connectivity index (χ1v) is 13.8. The molecule has 2 aliphatic rings. The molecule has 40 heavy (non-hydrogen) atoms. The molecule has 2 aromatic carbocycles. The summed E-state index contributed by atoms with van der Waals surface area (Å²) in [5, 5.41) is 20.6. The van der Waals surface area contributed by atoms with Crippen molar-refractivity contribution >= 4 is 40.8 Å². The number of carbonyl (C=O) groups excluding carboxylic acids is 3. The monoisotopic (exact) mass is 546 g/mol. The molecule has 9 nitrogen and oxygen atoms in total. The van der Waals surface area contributed by atoms with Gasteiger partial charge in [0.2, 0.25) is 5.91 Å². The van der Waals surface area contributed by atoms with Crippen molar-refractivity contribution in [3.63, 3.8) is 0 Å². The minimum Gasteiger partial charge on any atom is -0.481 e. The number of carboxylic acids is 1. The van der Waals surface area contributed by atoms with Crippen molar-refractivity contribution in [3.05, 3.63) is 59.2 Å². The van der Waals surface area contributed by atoms with Crippen LogP contribution in [-0.2, 0) is 27.2 Å². The average molecular weight is 547 g/mol. The predicted molar refractivity (Wildman–Crippen MR) is 154 cm³/mol. The molecule has 3 amide bonds. The van der Waals surface area contributed by atoms with Crippen LogP contribution in [0.25, 0.3) is 0 Å². The second kappa shape index (κ2) is 12.0. The van der Waals surface area contributed by atoms with E-state index < -0.39 is 23.3 Å². The molecule has 212 valence electrons. The van der Waals surface area contributed by atoms with Crippen LogP contribution in [0.2, 0.25) is 0 Å². The molecule has 1 aliphatic carbocycles. The fraction of sp³-hybridized carbons (Fsp3) is 0.452. The van der Waals surface area contributed by atoms with Crippen LogP contribution in [0.1, 0.15) is 70.1 Å². The number of urea groups is 1. The molecule has 0 unspecified atom stereocenters. The zero-order chi connectivity index (χ0) is 29.0. The molecule has 3 N–H and O–H groups in total. The maximum absolute atomic E-state index is 13.3. The number of hydrazone groups is 1. The van der Waals surface area contributed by atoms with Crippen molar-refractivity contribution in [2.45, 2.75) is 66.2 Å². The Balaban J connectivity index is 1.59. The molecule has 9 heteroatoms. The van der Waals surface area contributed by atoms with Gasteiger partial charge in [0.15, 0.2) is 0 Å². The van der Waals surface area contributed by atoms with E-state index in [0.717, 1.165) is 47.5 Å². The first-order chi connectivity index (χ1) is 18.9. The third-order valence-corrected chi connectivity index (χ3v) is 7.53. The summed E-state index contributed by atoms with van der Waals surface area (Å²) in [7, 11) is 0. The molecule has 0 spiro atoms. The Kier molecular flexibility index (Phi) is 8.71. The summed E-state index contributed by atoms with van der Waals surface area (Å²) in [4.78, 5) is 50.0. The number of ketones is 1. The fourth-order valence-electron chi connectivity index (χ4n) is 5.10. The highest BCUT2D eigenvalue weighted by atomic mass is 16.4. The first kappa shape index (κ1) is 29.0. The summed E-state index contributed by atoms with van der Waals surface area (Å²) < 4.78 is 0. The standard InChI is InChI=1S/C31H38N4O5/c1-19-8-11-22(12-9-19)29-24-13-10-21(16-26(36)31(2,3)4)15-25(24)33-30(40)35(34-29)18-27(37)32-23-7-5-6-20(14-23)17-28(38)39/h5-7,10,13-15,19,22H,8-9,11-12,16-18H2,1-4H3,(H,32,37)(H,33,40)(H,38,39). The summed E-state index contributed by atoms with van der Waals surface area (Å²) in [6.45, 7) is 7.60. The number of hydrogen-bond donors (Lipinski definition) is 3. The van der Waals surface area contributed by atoms with Crippen LogP contribution in [-0.4, -0.2) is 46.1 Å². The van der Waals surface area contributed by atoms with E-state index in [4.69, 9.17) is 10.2 Å². The van der Waals surface area contributed by atoms with E-state index in [1.165, 1.54) is 0 Å². The predicted octanol–water partition coefficient (Wildman–Crippen LogP) is 5.49. The highest BCUT2D eigenvalue weighted by Crippen LogP contribution is 2.35. The molecular formula is C31H38N4O5. The van der Waals surface area contributed by atoms with Gasteiger partial charge in [0.1, 0.15) is 12.3 Å². The molecule has 0 saturated heterocycles. The van der Waals surface area contributed by atoms with Crippen LogP contribution in [0.15, 0.2) is 47.6 Å². The van der Waals surface area contributed by atoms with E-state index >= 15 is 0 Å². The van der Waals surface area contributed by atoms with E-state index in [1.54, 1.807) is 24.3 Å². The number of rotatable bonds is 8. The van der Waals surface area contributed by atoms with Crippen molar-refractivity contribution in [3.8, 4) is 0 Å². The largest absolute Gasteiger partial charge is 0.481 e. The quantitative estimate of drug-likeness (QED) is 0.403. The van der Waals surface area contributed by atoms with E-state index in [1.807, 2.05) is 39.0 Å². The van der Waals surface area contributed by atoms with Crippen LogP contribution >= 0.6 is 0 Å². The van der Waals surface area contributed by atoms with E-state index in [-0.39, 0.29) is 31.1 Å². The number of fused-ring (bicyclic) bond motifs is 1. The maximum Gasteiger partial charge on any atom is 0.342 e. The summed E-state index contributed by atoms with van der Waals surface area (Å²) in [5.74, 6) is -0.540. The summed E-state index contributed by atoms with van der Waals surface area (Å²) >= 11 is 0. The lowest BCUT2D eigenvalue weighted by molar-refractivity contribution is -0.136. The molecule has 1 heterocycles. The molecule has 1 saturated carbocycles. The Hall–Kier alpha value is -4.01. The maximum atomic E-state index is 13.3. The van der Waals surface area contributed by atoms with Crippen LogP contribution in [0, 0.1) is 17.3 Å². The Morgan fingerprint density at radius 1 is 1.02 bits per heavy atom. The number of hydrogen-bond acceptors (Lipinski definition) is 5. The molecule has 4 rings (SSSR count). The topological polar surface area (TPSA) is 128 Å². The fourth-order valence-corrected chi connectivity index (χ4v) is 5.10. The van der Waals surface area contributed by atoms with E-state index in [0.29, 0.717) is 22.9 Å². The van der Waals surface area contributed by atoms with Crippen molar-refractivity contribution in [2.75, 3.05) is 17.2 Å². The van der Waals surface area contributed by atoms with Gasteiger partial charge in [-0.2, -0.15) is 5.10 Å². The van der Waals surface area contributed by atoms with Crippen LogP contribution in [0.4, 0.5) is 16.2 Å². The van der Waals surface area contributed by atoms with Crippen molar-refractivity contribution in [1.82, 2.24) is 5.01 Å². The number of aliphatic carboxylic acids is 1. The number of carbonyl (C=O) groups is 4. The Morgan fingerprint density at radius 3 is 2.40 bits per heavy atom. The van der Waals surface area contributed by atoms with Gasteiger partial charge in [0.05, 0.1) is 17.8 Å². The third kappa shape index (κ3) is 7.34. The lowest BCUT2D eigenvalue weighted by atomic mass is 9.78. The molecule has 0 radical (unpaired) electrons. The lowest BCUT2D eigenvalue weighted by Gasteiger charge is -2.28. The van der Waals surface area contributed by atoms with Gasteiger partial charge in [-0.05, 0) is 48.1 Å².